The quantitative estimate of drug-likeness (QED) is 0.731. The Kier molecular flexibility index (Phi) is 3.15. The van der Waals surface area contributed by atoms with Gasteiger partial charge in [-0.15, -0.1) is 11.3 Å². The number of nitrogens with one attached hydrogen (secondary N) is 2. The molecule has 3 nitrogen and oxygen atoms in total. The predicted molar refractivity (Wildman–Crippen MR) is 110 cm³/mol. The van der Waals surface area contributed by atoms with Gasteiger partial charge in [-0.05, 0) is 81.0 Å². The molecule has 2 aliphatic carbocycles. The van der Waals surface area contributed by atoms with Gasteiger partial charge in [0.15, 0.2) is 6.23 Å². The van der Waals surface area contributed by atoms with E-state index in [2.05, 4.69) is 22.8 Å². The van der Waals surface area contributed by atoms with Crippen molar-refractivity contribution in [3.8, 4) is 0 Å². The zero-order valence-electron chi connectivity index (χ0n) is 18.6. The van der Waals surface area contributed by atoms with E-state index in [1.54, 1.807) is 10.4 Å². The minimum Gasteiger partial charge on any atom is -0.474 e. The third-order valence-electron chi connectivity index (χ3n) is 6.78. The van der Waals surface area contributed by atoms with Crippen molar-refractivity contribution in [1.29, 1.82) is 0 Å². The van der Waals surface area contributed by atoms with Gasteiger partial charge < -0.3 is 10.1 Å². The van der Waals surface area contributed by atoms with Crippen molar-refractivity contribution in [2.75, 3.05) is 0 Å². The van der Waals surface area contributed by atoms with Gasteiger partial charge in [-0.3, -0.25) is 5.32 Å². The number of ether oxygens (including phenoxy) is 1. The first-order valence-corrected chi connectivity index (χ1v) is 11.3. The third-order valence-corrected chi connectivity index (χ3v) is 8.09. The van der Waals surface area contributed by atoms with E-state index in [-0.39, 0.29) is 12.1 Å². The van der Waals surface area contributed by atoms with Crippen molar-refractivity contribution in [1.82, 2.24) is 10.6 Å². The van der Waals surface area contributed by atoms with Crippen LogP contribution in [0.4, 0.5) is 0 Å². The molecule has 1 aromatic heterocycles. The lowest BCUT2D eigenvalue weighted by Gasteiger charge is -2.29. The first-order valence-electron chi connectivity index (χ1n) is 11.9. The van der Waals surface area contributed by atoms with Gasteiger partial charge in [0, 0.05) is 37.1 Å². The summed E-state index contributed by atoms with van der Waals surface area (Å²) in [7, 11) is 0. The monoisotopic (exact) mass is 383 g/mol. The molecule has 6 rings (SSSR count). The van der Waals surface area contributed by atoms with Crippen molar-refractivity contribution in [3.05, 3.63) is 49.6 Å². The second-order valence-corrected chi connectivity index (χ2v) is 9.60. The maximum atomic E-state index is 7.78. The molecule has 0 aromatic carbocycles. The fourth-order valence-corrected chi connectivity index (χ4v) is 6.75. The molecule has 4 heteroatoms. The van der Waals surface area contributed by atoms with Crippen molar-refractivity contribution in [2.45, 2.75) is 77.0 Å². The first-order chi connectivity index (χ1) is 14.5. The zero-order valence-corrected chi connectivity index (χ0v) is 16.4. The molecule has 3 atom stereocenters. The van der Waals surface area contributed by atoms with E-state index in [0.29, 0.717) is 6.42 Å². The molecule has 0 bridgehead atoms. The minimum atomic E-state index is -1.98. The van der Waals surface area contributed by atoms with Crippen molar-refractivity contribution in [3.63, 3.8) is 0 Å². The first kappa shape index (κ1) is 13.6. The highest BCUT2D eigenvalue weighted by atomic mass is 32.1. The summed E-state index contributed by atoms with van der Waals surface area (Å²) in [5.41, 5.74) is 6.82. The summed E-state index contributed by atoms with van der Waals surface area (Å²) in [5, 5.41) is 6.97. The Morgan fingerprint density at radius 3 is 3.11 bits per heavy atom. The lowest BCUT2D eigenvalue weighted by molar-refractivity contribution is 0.0612. The van der Waals surface area contributed by atoms with Crippen LogP contribution in [0.1, 0.15) is 70.4 Å². The van der Waals surface area contributed by atoms with Crippen LogP contribution in [-0.4, -0.2) is 12.3 Å². The smallest absolute Gasteiger partial charge is 0.157 e. The molecule has 2 N–H and O–H groups in total. The maximum Gasteiger partial charge on any atom is 0.157 e. The highest BCUT2D eigenvalue weighted by Crippen LogP contribution is 2.46. The molecular weight excluding hydrogens is 352 g/mol. The average Bonchev–Trinajstić information content (AvgIpc) is 3.30. The summed E-state index contributed by atoms with van der Waals surface area (Å²) in [6.45, 7) is -1.07. The Morgan fingerprint density at radius 1 is 1.19 bits per heavy atom. The van der Waals surface area contributed by atoms with E-state index < -0.39 is 12.9 Å². The molecule has 2 unspecified atom stereocenters. The number of fused-ring (bicyclic) bond motifs is 6. The van der Waals surface area contributed by atoms with Gasteiger partial charge in [-0.1, -0.05) is 6.08 Å². The van der Waals surface area contributed by atoms with Crippen molar-refractivity contribution < 1.29 is 8.85 Å². The van der Waals surface area contributed by atoms with Crippen LogP contribution in [0.5, 0.6) is 0 Å². The average molecular weight is 384 g/mol. The van der Waals surface area contributed by atoms with Crippen LogP contribution in [0.3, 0.4) is 0 Å². The number of hydrogen-bond donors (Lipinski definition) is 2. The summed E-state index contributed by atoms with van der Waals surface area (Å²) < 4.78 is 29.8. The van der Waals surface area contributed by atoms with Crippen molar-refractivity contribution in [2.24, 2.45) is 5.92 Å². The van der Waals surface area contributed by atoms with E-state index in [1.165, 1.54) is 53.0 Å². The summed E-state index contributed by atoms with van der Waals surface area (Å²) >= 11 is 2.00. The summed E-state index contributed by atoms with van der Waals surface area (Å²) in [6, 6.07) is -0.476. The molecule has 0 saturated carbocycles. The minimum absolute atomic E-state index is 0.216. The summed E-state index contributed by atoms with van der Waals surface area (Å²) in [5.74, 6) is 1.27. The second-order valence-electron chi connectivity index (χ2n) is 8.41. The van der Waals surface area contributed by atoms with E-state index in [4.69, 9.17) is 8.85 Å². The molecule has 27 heavy (non-hydrogen) atoms. The van der Waals surface area contributed by atoms with Gasteiger partial charge in [-0.2, -0.15) is 0 Å². The molecular formula is C23H28N2OS. The second kappa shape index (κ2) is 6.25. The van der Waals surface area contributed by atoms with E-state index in [0.717, 1.165) is 31.6 Å². The molecule has 3 aliphatic heterocycles. The number of hydrogen-bond acceptors (Lipinski definition) is 4. The third kappa shape index (κ3) is 2.56. The molecule has 1 aromatic rings. The number of allylic oxidation sites excluding steroid dienone is 3. The van der Waals surface area contributed by atoms with Gasteiger partial charge in [0.2, 0.25) is 0 Å². The molecule has 5 aliphatic rings. The van der Waals surface area contributed by atoms with E-state index in [9.17, 15) is 0 Å². The van der Waals surface area contributed by atoms with Gasteiger partial charge in [0.1, 0.15) is 5.76 Å². The van der Waals surface area contributed by atoms with Crippen LogP contribution < -0.4 is 10.6 Å². The number of aryl methyl sites for hydroxylation is 1. The molecule has 2 fully saturated rings. The van der Waals surface area contributed by atoms with E-state index >= 15 is 0 Å². The molecule has 0 amide bonds. The van der Waals surface area contributed by atoms with Crippen LogP contribution in [0.25, 0.3) is 6.08 Å². The maximum absolute atomic E-state index is 7.78. The Bertz CT molecular complexity index is 987. The molecule has 142 valence electrons. The largest absolute Gasteiger partial charge is 0.474 e. The fraction of sp³-hybridized carbons (Fsp3) is 0.565. The Labute approximate surface area is 169 Å². The Hall–Kier alpha value is -1.52. The normalized spacial score (nSPS) is 33.8. The van der Waals surface area contributed by atoms with Gasteiger partial charge in [0.05, 0.1) is 6.54 Å². The van der Waals surface area contributed by atoms with E-state index in [1.807, 2.05) is 11.3 Å². The van der Waals surface area contributed by atoms with Gasteiger partial charge in [0.25, 0.3) is 0 Å². The predicted octanol–water partition coefficient (Wildman–Crippen LogP) is 4.79. The lowest BCUT2D eigenvalue weighted by Crippen LogP contribution is -2.44. The number of piperidine rings is 1. The van der Waals surface area contributed by atoms with Gasteiger partial charge >= 0.3 is 0 Å². The van der Waals surface area contributed by atoms with Crippen LogP contribution >= 0.6 is 11.3 Å². The Morgan fingerprint density at radius 2 is 2.15 bits per heavy atom. The fourth-order valence-electron chi connectivity index (χ4n) is 5.44. The van der Waals surface area contributed by atoms with Crippen molar-refractivity contribution >= 4 is 17.4 Å². The highest BCUT2D eigenvalue weighted by Gasteiger charge is 2.42. The Balaban J connectivity index is 1.34. The molecule has 0 radical (unpaired) electrons. The molecule has 2 saturated heterocycles. The number of thiophene rings is 1. The summed E-state index contributed by atoms with van der Waals surface area (Å²) in [4.78, 5) is 3.07. The summed E-state index contributed by atoms with van der Waals surface area (Å²) in [6.07, 6.45) is 13.1. The zero-order chi connectivity index (χ0) is 20.5. The topological polar surface area (TPSA) is 33.3 Å². The van der Waals surface area contributed by atoms with Gasteiger partial charge in [-0.25, -0.2) is 0 Å². The SMILES string of the molecule is [2H]C([2H])([2H])[C@@H]1CCC2C3=CCCC(C4=Cc5c(sc6c5CCCC6)CN4)=C3OC2N1. The highest BCUT2D eigenvalue weighted by molar-refractivity contribution is 7.12. The van der Waals surface area contributed by atoms with Crippen LogP contribution in [0.2, 0.25) is 0 Å². The molecule has 4 heterocycles. The standard InChI is InChI=1S/C23H28N2OS/c1-13-9-10-16-15-6-4-7-17(22(15)26-23(16)25-13)19-11-18-14-5-2-3-8-20(14)27-21(18)12-24-19/h6,11,13,16,23-25H,2-5,7-10,12H2,1H3/t13-,16?,23?/m1/s1/i1D3. The van der Waals surface area contributed by atoms with Crippen LogP contribution in [0, 0.1) is 5.92 Å². The molecule has 0 spiro atoms. The van der Waals surface area contributed by atoms with Crippen LogP contribution in [0.15, 0.2) is 28.7 Å². The lowest BCUT2D eigenvalue weighted by atomic mass is 9.83. The van der Waals surface area contributed by atoms with Crippen LogP contribution in [-0.2, 0) is 24.1 Å². The number of rotatable bonds is 1.